The summed E-state index contributed by atoms with van der Waals surface area (Å²) in [5.41, 5.74) is 3.31. The molecule has 3 rings (SSSR count). The molecule has 3 nitrogen and oxygen atoms in total. The normalized spacial score (nSPS) is 17.2. The van der Waals surface area contributed by atoms with Gasteiger partial charge in [-0.05, 0) is 47.4 Å². The number of hydrogen-bond acceptors (Lipinski definition) is 3. The topological polar surface area (TPSA) is 30.5 Å². The minimum atomic E-state index is -0.341. The van der Waals surface area contributed by atoms with Crippen LogP contribution in [0.4, 0.5) is 4.39 Å². The molecule has 0 amide bonds. The molecule has 110 valence electrons. The van der Waals surface area contributed by atoms with Crippen LogP contribution in [0.3, 0.4) is 0 Å². The zero-order valence-electron chi connectivity index (χ0n) is 12.2. The largest absolute Gasteiger partial charge is 0.497 e. The van der Waals surface area contributed by atoms with Crippen molar-refractivity contribution in [2.24, 2.45) is 0 Å². The smallest absolute Gasteiger partial charge is 0.165 e. The van der Waals surface area contributed by atoms with Crippen LogP contribution in [0.2, 0.25) is 0 Å². The Morgan fingerprint density at radius 2 is 1.95 bits per heavy atom. The molecule has 1 aliphatic heterocycles. The van der Waals surface area contributed by atoms with Gasteiger partial charge in [0.05, 0.1) is 20.3 Å². The van der Waals surface area contributed by atoms with Gasteiger partial charge in [0.2, 0.25) is 0 Å². The molecular formula is C17H18FNO2. The quantitative estimate of drug-likeness (QED) is 0.941. The van der Waals surface area contributed by atoms with E-state index in [0.29, 0.717) is 0 Å². The number of methoxy groups -OCH3 is 2. The molecule has 1 N–H and O–H groups in total. The van der Waals surface area contributed by atoms with Crippen LogP contribution < -0.4 is 14.8 Å². The third-order valence-electron chi connectivity index (χ3n) is 3.92. The van der Waals surface area contributed by atoms with Crippen molar-refractivity contribution < 1.29 is 13.9 Å². The third-order valence-corrected chi connectivity index (χ3v) is 3.92. The molecule has 0 fully saturated rings. The number of rotatable bonds is 3. The van der Waals surface area contributed by atoms with E-state index in [1.807, 2.05) is 18.2 Å². The summed E-state index contributed by atoms with van der Waals surface area (Å²) in [6.45, 7) is 0.873. The van der Waals surface area contributed by atoms with E-state index in [1.165, 1.54) is 18.7 Å². The molecule has 1 aliphatic rings. The first kappa shape index (κ1) is 13.9. The van der Waals surface area contributed by atoms with Gasteiger partial charge in [-0.15, -0.1) is 0 Å². The van der Waals surface area contributed by atoms with Crippen molar-refractivity contribution in [1.29, 1.82) is 0 Å². The highest BCUT2D eigenvalue weighted by Crippen LogP contribution is 2.33. The van der Waals surface area contributed by atoms with Gasteiger partial charge in [-0.3, -0.25) is 0 Å². The Morgan fingerprint density at radius 3 is 2.67 bits per heavy atom. The van der Waals surface area contributed by atoms with Crippen molar-refractivity contribution in [2.75, 3.05) is 20.8 Å². The van der Waals surface area contributed by atoms with Crippen LogP contribution in [0.5, 0.6) is 11.5 Å². The fourth-order valence-corrected chi connectivity index (χ4v) is 2.82. The molecule has 0 spiro atoms. The molecule has 2 aromatic rings. The Kier molecular flexibility index (Phi) is 3.80. The van der Waals surface area contributed by atoms with Crippen molar-refractivity contribution in [3.8, 4) is 11.5 Å². The molecule has 21 heavy (non-hydrogen) atoms. The lowest BCUT2D eigenvalue weighted by atomic mass is 9.89. The van der Waals surface area contributed by atoms with Gasteiger partial charge in [-0.25, -0.2) is 4.39 Å². The van der Waals surface area contributed by atoms with Gasteiger partial charge in [-0.1, -0.05) is 12.1 Å². The highest BCUT2D eigenvalue weighted by molar-refractivity contribution is 5.45. The number of halogens is 1. The first-order valence-electron chi connectivity index (χ1n) is 6.96. The van der Waals surface area contributed by atoms with Crippen LogP contribution >= 0.6 is 0 Å². The number of fused-ring (bicyclic) bond motifs is 1. The van der Waals surface area contributed by atoms with Crippen molar-refractivity contribution >= 4 is 0 Å². The SMILES string of the molecule is COc1ccc2c(c1)C(c1ccc(OC)c(F)c1)NCC2. The van der Waals surface area contributed by atoms with Crippen molar-refractivity contribution in [3.05, 3.63) is 58.9 Å². The summed E-state index contributed by atoms with van der Waals surface area (Å²) in [6.07, 6.45) is 0.967. The summed E-state index contributed by atoms with van der Waals surface area (Å²) in [7, 11) is 3.12. The first-order valence-corrected chi connectivity index (χ1v) is 6.96. The molecule has 4 heteroatoms. The molecule has 0 aromatic heterocycles. The van der Waals surface area contributed by atoms with Crippen molar-refractivity contribution in [1.82, 2.24) is 5.32 Å². The summed E-state index contributed by atoms with van der Waals surface area (Å²) in [6, 6.07) is 11.1. The number of hydrogen-bond donors (Lipinski definition) is 1. The minimum Gasteiger partial charge on any atom is -0.497 e. The minimum absolute atomic E-state index is 0.0238. The van der Waals surface area contributed by atoms with E-state index < -0.39 is 0 Å². The van der Waals surface area contributed by atoms with Crippen molar-refractivity contribution in [3.63, 3.8) is 0 Å². The zero-order valence-corrected chi connectivity index (χ0v) is 12.2. The van der Waals surface area contributed by atoms with Gasteiger partial charge >= 0.3 is 0 Å². The summed E-state index contributed by atoms with van der Waals surface area (Å²) in [4.78, 5) is 0. The van der Waals surface area contributed by atoms with E-state index in [2.05, 4.69) is 11.4 Å². The van der Waals surface area contributed by atoms with Crippen LogP contribution in [0.15, 0.2) is 36.4 Å². The first-order chi connectivity index (χ1) is 10.2. The Balaban J connectivity index is 2.03. The highest BCUT2D eigenvalue weighted by atomic mass is 19.1. The highest BCUT2D eigenvalue weighted by Gasteiger charge is 2.22. The van der Waals surface area contributed by atoms with Crippen LogP contribution in [0.1, 0.15) is 22.7 Å². The molecule has 0 aliphatic carbocycles. The number of nitrogens with one attached hydrogen (secondary N) is 1. The maximum atomic E-state index is 13.9. The van der Waals surface area contributed by atoms with E-state index in [9.17, 15) is 4.39 Å². The van der Waals surface area contributed by atoms with E-state index in [4.69, 9.17) is 9.47 Å². The molecule has 2 aromatic carbocycles. The van der Waals surface area contributed by atoms with Crippen LogP contribution in [-0.2, 0) is 6.42 Å². The van der Waals surface area contributed by atoms with Gasteiger partial charge in [0.1, 0.15) is 5.75 Å². The van der Waals surface area contributed by atoms with Gasteiger partial charge in [0, 0.05) is 6.54 Å². The van der Waals surface area contributed by atoms with Gasteiger partial charge in [0.25, 0.3) is 0 Å². The molecular weight excluding hydrogens is 269 g/mol. The second-order valence-corrected chi connectivity index (χ2v) is 5.10. The lowest BCUT2D eigenvalue weighted by molar-refractivity contribution is 0.385. The predicted molar refractivity (Wildman–Crippen MR) is 79.5 cm³/mol. The van der Waals surface area contributed by atoms with E-state index >= 15 is 0 Å². The summed E-state index contributed by atoms with van der Waals surface area (Å²) < 4.78 is 24.2. The fourth-order valence-electron chi connectivity index (χ4n) is 2.82. The molecule has 0 saturated heterocycles. The lowest BCUT2D eigenvalue weighted by Gasteiger charge is -2.28. The Hall–Kier alpha value is -2.07. The van der Waals surface area contributed by atoms with E-state index in [0.717, 1.165) is 29.8 Å². The predicted octanol–water partition coefficient (Wildman–Crippen LogP) is 3.08. The van der Waals surface area contributed by atoms with Crippen LogP contribution in [0.25, 0.3) is 0 Å². The Bertz CT molecular complexity index is 657. The zero-order chi connectivity index (χ0) is 14.8. The van der Waals surface area contributed by atoms with Gasteiger partial charge in [-0.2, -0.15) is 0 Å². The van der Waals surface area contributed by atoms with Crippen LogP contribution in [-0.4, -0.2) is 20.8 Å². The fraction of sp³-hybridized carbons (Fsp3) is 0.294. The lowest BCUT2D eigenvalue weighted by Crippen LogP contribution is -2.30. The second-order valence-electron chi connectivity index (χ2n) is 5.10. The third kappa shape index (κ3) is 2.59. The number of benzene rings is 2. The van der Waals surface area contributed by atoms with E-state index in [-0.39, 0.29) is 17.6 Å². The monoisotopic (exact) mass is 287 g/mol. The summed E-state index contributed by atoms with van der Waals surface area (Å²) >= 11 is 0. The van der Waals surface area contributed by atoms with Crippen molar-refractivity contribution in [2.45, 2.75) is 12.5 Å². The Morgan fingerprint density at radius 1 is 1.10 bits per heavy atom. The summed E-state index contributed by atoms with van der Waals surface area (Å²) in [5.74, 6) is 0.740. The standard InChI is InChI=1S/C17H18FNO2/c1-20-13-5-3-11-7-8-19-17(14(11)10-13)12-4-6-16(21-2)15(18)9-12/h3-6,9-10,17,19H,7-8H2,1-2H3. The number of ether oxygens (including phenoxy) is 2. The van der Waals surface area contributed by atoms with Gasteiger partial charge in [0.15, 0.2) is 11.6 Å². The molecule has 0 bridgehead atoms. The van der Waals surface area contributed by atoms with E-state index in [1.54, 1.807) is 13.2 Å². The average Bonchev–Trinajstić information content (AvgIpc) is 2.53. The maximum Gasteiger partial charge on any atom is 0.165 e. The molecule has 0 saturated carbocycles. The second kappa shape index (κ2) is 5.74. The molecule has 1 heterocycles. The molecule has 1 atom stereocenters. The summed E-state index contributed by atoms with van der Waals surface area (Å²) in [5, 5.41) is 3.44. The Labute approximate surface area is 123 Å². The molecule has 0 radical (unpaired) electrons. The average molecular weight is 287 g/mol. The molecule has 1 unspecified atom stereocenters. The van der Waals surface area contributed by atoms with Crippen LogP contribution in [0, 0.1) is 5.82 Å². The maximum absolute atomic E-state index is 13.9. The van der Waals surface area contributed by atoms with Gasteiger partial charge < -0.3 is 14.8 Å².